The van der Waals surface area contributed by atoms with E-state index >= 15 is 0 Å². The molecule has 1 saturated heterocycles. The molecule has 20 heavy (non-hydrogen) atoms. The lowest BCUT2D eigenvalue weighted by Gasteiger charge is -2.38. The van der Waals surface area contributed by atoms with Crippen LogP contribution in [0.15, 0.2) is 24.4 Å². The van der Waals surface area contributed by atoms with Gasteiger partial charge in [0.05, 0.1) is 0 Å². The predicted octanol–water partition coefficient (Wildman–Crippen LogP) is 4.26. The van der Waals surface area contributed by atoms with Gasteiger partial charge in [-0.25, -0.2) is 0 Å². The van der Waals surface area contributed by atoms with Gasteiger partial charge < -0.3 is 4.90 Å². The van der Waals surface area contributed by atoms with Crippen LogP contribution in [-0.2, 0) is 5.41 Å². The predicted molar refractivity (Wildman–Crippen MR) is 85.9 cm³/mol. The van der Waals surface area contributed by atoms with E-state index in [0.29, 0.717) is 5.41 Å². The van der Waals surface area contributed by atoms with Gasteiger partial charge in [-0.1, -0.05) is 33.8 Å². The highest BCUT2D eigenvalue weighted by Gasteiger charge is 2.36. The van der Waals surface area contributed by atoms with Gasteiger partial charge in [0, 0.05) is 23.3 Å². The van der Waals surface area contributed by atoms with E-state index in [2.05, 4.69) is 56.8 Å². The number of aromatic nitrogens is 1. The topological polar surface area (TPSA) is 16.1 Å². The molecule has 2 heterocycles. The molecule has 1 fully saturated rings. The van der Waals surface area contributed by atoms with Crippen molar-refractivity contribution >= 4 is 0 Å². The van der Waals surface area contributed by atoms with E-state index in [-0.39, 0.29) is 5.41 Å². The van der Waals surface area contributed by atoms with Crippen molar-refractivity contribution < 1.29 is 0 Å². The Labute approximate surface area is 124 Å². The number of hydrogen-bond acceptors (Lipinski definition) is 2. The fourth-order valence-corrected chi connectivity index (χ4v) is 3.59. The second kappa shape index (κ2) is 5.85. The first-order valence-electron chi connectivity index (χ1n) is 7.95. The Morgan fingerprint density at radius 2 is 1.95 bits per heavy atom. The summed E-state index contributed by atoms with van der Waals surface area (Å²) in [7, 11) is 2.28. The minimum atomic E-state index is 0.162. The van der Waals surface area contributed by atoms with Crippen molar-refractivity contribution in [2.75, 3.05) is 13.6 Å². The van der Waals surface area contributed by atoms with Gasteiger partial charge in [-0.3, -0.25) is 4.98 Å². The molecule has 2 rings (SSSR count). The first-order valence-corrected chi connectivity index (χ1v) is 7.95. The van der Waals surface area contributed by atoms with Crippen LogP contribution < -0.4 is 0 Å². The van der Waals surface area contributed by atoms with E-state index in [4.69, 9.17) is 0 Å². The molecule has 0 spiro atoms. The fraction of sp³-hybridized carbons (Fsp3) is 0.722. The van der Waals surface area contributed by atoms with Gasteiger partial charge in [0.15, 0.2) is 0 Å². The van der Waals surface area contributed by atoms with Crippen molar-refractivity contribution in [3.63, 3.8) is 0 Å². The van der Waals surface area contributed by atoms with Crippen LogP contribution in [0, 0.1) is 5.41 Å². The summed E-state index contributed by atoms with van der Waals surface area (Å²) in [6, 6.07) is 6.99. The maximum Gasteiger partial charge on any atom is 0.0459 e. The van der Waals surface area contributed by atoms with Crippen LogP contribution in [-0.4, -0.2) is 29.5 Å². The van der Waals surface area contributed by atoms with Gasteiger partial charge in [-0.15, -0.1) is 0 Å². The molecule has 0 amide bonds. The Morgan fingerprint density at radius 1 is 1.20 bits per heavy atom. The molecular weight excluding hydrogens is 244 g/mol. The van der Waals surface area contributed by atoms with Crippen LogP contribution >= 0.6 is 0 Å². The van der Waals surface area contributed by atoms with E-state index in [0.717, 1.165) is 6.04 Å². The van der Waals surface area contributed by atoms with E-state index in [1.54, 1.807) is 0 Å². The van der Waals surface area contributed by atoms with Crippen molar-refractivity contribution in [1.29, 1.82) is 0 Å². The van der Waals surface area contributed by atoms with E-state index < -0.39 is 0 Å². The van der Waals surface area contributed by atoms with Crippen molar-refractivity contribution in [3.8, 4) is 0 Å². The molecule has 0 aliphatic carbocycles. The molecule has 112 valence electrons. The zero-order chi connectivity index (χ0) is 14.8. The van der Waals surface area contributed by atoms with Crippen molar-refractivity contribution in [2.45, 2.75) is 64.8 Å². The summed E-state index contributed by atoms with van der Waals surface area (Å²) in [5.74, 6) is 0. The fourth-order valence-electron chi connectivity index (χ4n) is 3.59. The van der Waals surface area contributed by atoms with E-state index in [1.165, 1.54) is 37.9 Å². The minimum absolute atomic E-state index is 0.162. The molecule has 1 unspecified atom stereocenters. The summed E-state index contributed by atoms with van der Waals surface area (Å²) < 4.78 is 0. The third-order valence-electron chi connectivity index (χ3n) is 5.18. The molecule has 0 saturated carbocycles. The van der Waals surface area contributed by atoms with Gasteiger partial charge in [-0.05, 0) is 56.8 Å². The second-order valence-corrected chi connectivity index (χ2v) is 7.73. The third kappa shape index (κ3) is 3.41. The number of rotatable bonds is 5. The number of likely N-dealkylation sites (tertiary alicyclic amines) is 1. The van der Waals surface area contributed by atoms with Crippen LogP contribution in [0.5, 0.6) is 0 Å². The van der Waals surface area contributed by atoms with Crippen LogP contribution in [0.2, 0.25) is 0 Å². The first-order chi connectivity index (χ1) is 9.33. The van der Waals surface area contributed by atoms with Crippen LogP contribution in [0.4, 0.5) is 0 Å². The zero-order valence-corrected chi connectivity index (χ0v) is 13.8. The van der Waals surface area contributed by atoms with Gasteiger partial charge in [-0.2, -0.15) is 0 Å². The highest BCUT2D eigenvalue weighted by atomic mass is 15.2. The summed E-state index contributed by atoms with van der Waals surface area (Å²) in [5, 5.41) is 0. The Hall–Kier alpha value is -0.890. The molecule has 1 aliphatic heterocycles. The Kier molecular flexibility index (Phi) is 4.53. The standard InChI is InChI=1S/C18H30N2/c1-17(2,15-9-6-7-13-19-15)11-12-18(3,4)16-10-8-14-20(16)5/h6-7,9,13,16H,8,10-12,14H2,1-5H3. The van der Waals surface area contributed by atoms with Crippen molar-refractivity contribution in [2.24, 2.45) is 5.41 Å². The maximum absolute atomic E-state index is 4.55. The molecule has 1 aromatic heterocycles. The number of nitrogens with zero attached hydrogens (tertiary/aromatic N) is 2. The number of pyridine rings is 1. The largest absolute Gasteiger partial charge is 0.303 e. The molecule has 2 heteroatoms. The normalized spacial score (nSPS) is 21.4. The lowest BCUT2D eigenvalue weighted by Crippen LogP contribution is -2.39. The van der Waals surface area contributed by atoms with Gasteiger partial charge in [0.2, 0.25) is 0 Å². The second-order valence-electron chi connectivity index (χ2n) is 7.73. The SMILES string of the molecule is CN1CCCC1C(C)(C)CCC(C)(C)c1ccccn1. The molecule has 0 bridgehead atoms. The smallest absolute Gasteiger partial charge is 0.0459 e. The minimum Gasteiger partial charge on any atom is -0.303 e. The third-order valence-corrected chi connectivity index (χ3v) is 5.18. The molecule has 0 aromatic carbocycles. The summed E-state index contributed by atoms with van der Waals surface area (Å²) in [6.45, 7) is 10.8. The van der Waals surface area contributed by atoms with Crippen LogP contribution in [0.3, 0.4) is 0 Å². The first kappa shape index (κ1) is 15.5. The average molecular weight is 274 g/mol. The Morgan fingerprint density at radius 3 is 2.50 bits per heavy atom. The summed E-state index contributed by atoms with van der Waals surface area (Å²) in [5.41, 5.74) is 1.77. The average Bonchev–Trinajstić information content (AvgIpc) is 2.85. The number of hydrogen-bond donors (Lipinski definition) is 0. The quantitative estimate of drug-likeness (QED) is 0.797. The molecule has 1 aliphatic rings. The maximum atomic E-state index is 4.55. The summed E-state index contributed by atoms with van der Waals surface area (Å²) in [6.07, 6.45) is 7.07. The molecular formula is C18H30N2. The Balaban J connectivity index is 2.00. The molecule has 0 radical (unpaired) electrons. The Bertz CT molecular complexity index is 422. The van der Waals surface area contributed by atoms with Crippen molar-refractivity contribution in [3.05, 3.63) is 30.1 Å². The summed E-state index contributed by atoms with van der Waals surface area (Å²) >= 11 is 0. The lowest BCUT2D eigenvalue weighted by atomic mass is 9.73. The van der Waals surface area contributed by atoms with E-state index in [9.17, 15) is 0 Å². The molecule has 1 aromatic rings. The zero-order valence-electron chi connectivity index (χ0n) is 13.8. The van der Waals surface area contributed by atoms with Crippen LogP contribution in [0.1, 0.15) is 59.1 Å². The molecule has 1 atom stereocenters. The van der Waals surface area contributed by atoms with Crippen molar-refractivity contribution in [1.82, 2.24) is 9.88 Å². The van der Waals surface area contributed by atoms with E-state index in [1.807, 2.05) is 12.3 Å². The van der Waals surface area contributed by atoms with Gasteiger partial charge >= 0.3 is 0 Å². The highest BCUT2D eigenvalue weighted by Crippen LogP contribution is 2.39. The highest BCUT2D eigenvalue weighted by molar-refractivity contribution is 5.14. The monoisotopic (exact) mass is 274 g/mol. The molecule has 0 N–H and O–H groups in total. The summed E-state index contributed by atoms with van der Waals surface area (Å²) in [4.78, 5) is 7.10. The van der Waals surface area contributed by atoms with Gasteiger partial charge in [0.1, 0.15) is 0 Å². The van der Waals surface area contributed by atoms with Gasteiger partial charge in [0.25, 0.3) is 0 Å². The lowest BCUT2D eigenvalue weighted by molar-refractivity contribution is 0.130. The molecule has 2 nitrogen and oxygen atoms in total. The van der Waals surface area contributed by atoms with Crippen LogP contribution in [0.25, 0.3) is 0 Å².